The van der Waals surface area contributed by atoms with Crippen molar-refractivity contribution in [3.05, 3.63) is 24.0 Å². The molecule has 1 aromatic heterocycles. The summed E-state index contributed by atoms with van der Waals surface area (Å²) in [5.74, 6) is 1.23. The number of nitrogens with zero attached hydrogens (tertiary/aromatic N) is 2. The third kappa shape index (κ3) is 3.70. The van der Waals surface area contributed by atoms with E-state index in [1.165, 1.54) is 17.7 Å². The highest BCUT2D eigenvalue weighted by Crippen LogP contribution is 2.26. The molecule has 0 aromatic carbocycles. The largest absolute Gasteiger partial charge is 0.378 e. The topological polar surface area (TPSA) is 37.4 Å². The SMILES string of the molecule is CC(C)[C@H]1OCC[C@@H]1CNCc1cnccc1N(C)C. The van der Waals surface area contributed by atoms with E-state index in [0.717, 1.165) is 19.7 Å². The number of rotatable bonds is 6. The van der Waals surface area contributed by atoms with Crippen molar-refractivity contribution in [2.45, 2.75) is 32.9 Å². The third-order valence-electron chi connectivity index (χ3n) is 4.00. The van der Waals surface area contributed by atoms with Gasteiger partial charge in [0, 0.05) is 57.4 Å². The first-order valence-corrected chi connectivity index (χ1v) is 7.52. The second-order valence-corrected chi connectivity index (χ2v) is 6.16. The van der Waals surface area contributed by atoms with Crippen molar-refractivity contribution in [1.82, 2.24) is 10.3 Å². The summed E-state index contributed by atoms with van der Waals surface area (Å²) < 4.78 is 5.83. The number of pyridine rings is 1. The quantitative estimate of drug-likeness (QED) is 0.866. The van der Waals surface area contributed by atoms with Gasteiger partial charge in [-0.15, -0.1) is 0 Å². The zero-order valence-electron chi connectivity index (χ0n) is 13.1. The molecule has 0 radical (unpaired) electrons. The van der Waals surface area contributed by atoms with E-state index in [2.05, 4.69) is 49.2 Å². The standard InChI is InChI=1S/C16H27N3O/c1-12(2)16-13(6-8-20-16)9-18-11-14-10-17-7-5-15(14)19(3)4/h5,7,10,12-13,16,18H,6,8-9,11H2,1-4H3/t13-,16-/m1/s1. The Bertz CT molecular complexity index is 420. The highest BCUT2D eigenvalue weighted by Gasteiger charge is 2.30. The van der Waals surface area contributed by atoms with Crippen LogP contribution in [0.5, 0.6) is 0 Å². The zero-order valence-corrected chi connectivity index (χ0v) is 13.1. The maximum absolute atomic E-state index is 5.83. The second-order valence-electron chi connectivity index (χ2n) is 6.16. The predicted molar refractivity (Wildman–Crippen MR) is 83.0 cm³/mol. The lowest BCUT2D eigenvalue weighted by Gasteiger charge is -2.23. The van der Waals surface area contributed by atoms with E-state index in [9.17, 15) is 0 Å². The van der Waals surface area contributed by atoms with Crippen LogP contribution in [0, 0.1) is 11.8 Å². The average molecular weight is 277 g/mol. The van der Waals surface area contributed by atoms with Gasteiger partial charge in [-0.05, 0) is 24.3 Å². The number of nitrogens with one attached hydrogen (secondary N) is 1. The van der Waals surface area contributed by atoms with Gasteiger partial charge in [-0.25, -0.2) is 0 Å². The summed E-state index contributed by atoms with van der Waals surface area (Å²) in [6.07, 6.45) is 5.37. The number of hydrogen-bond acceptors (Lipinski definition) is 4. The molecular formula is C16H27N3O. The molecule has 0 spiro atoms. The van der Waals surface area contributed by atoms with Crippen molar-refractivity contribution < 1.29 is 4.74 Å². The summed E-state index contributed by atoms with van der Waals surface area (Å²) in [5, 5.41) is 3.58. The minimum absolute atomic E-state index is 0.407. The summed E-state index contributed by atoms with van der Waals surface area (Å²) in [7, 11) is 4.14. The van der Waals surface area contributed by atoms with E-state index in [1.54, 1.807) is 0 Å². The van der Waals surface area contributed by atoms with Gasteiger partial charge in [0.1, 0.15) is 0 Å². The van der Waals surface area contributed by atoms with Gasteiger partial charge in [0.15, 0.2) is 0 Å². The minimum Gasteiger partial charge on any atom is -0.378 e. The molecule has 2 rings (SSSR count). The van der Waals surface area contributed by atoms with Crippen LogP contribution in [0.1, 0.15) is 25.8 Å². The minimum atomic E-state index is 0.407. The Hall–Kier alpha value is -1.13. The summed E-state index contributed by atoms with van der Waals surface area (Å²) in [6.45, 7) is 7.28. The van der Waals surface area contributed by atoms with E-state index in [4.69, 9.17) is 4.74 Å². The lowest BCUT2D eigenvalue weighted by atomic mass is 9.93. The highest BCUT2D eigenvalue weighted by atomic mass is 16.5. The van der Waals surface area contributed by atoms with Crippen LogP contribution in [-0.2, 0) is 11.3 Å². The summed E-state index contributed by atoms with van der Waals surface area (Å²) in [5.41, 5.74) is 2.48. The van der Waals surface area contributed by atoms with Crippen molar-refractivity contribution in [2.24, 2.45) is 11.8 Å². The number of hydrogen-bond donors (Lipinski definition) is 1. The van der Waals surface area contributed by atoms with Crippen LogP contribution in [0.15, 0.2) is 18.5 Å². The molecule has 2 atom stereocenters. The Balaban J connectivity index is 1.87. The zero-order chi connectivity index (χ0) is 14.5. The van der Waals surface area contributed by atoms with Crippen LogP contribution < -0.4 is 10.2 Å². The maximum atomic E-state index is 5.83. The van der Waals surface area contributed by atoms with Gasteiger partial charge >= 0.3 is 0 Å². The van der Waals surface area contributed by atoms with Gasteiger partial charge in [0.2, 0.25) is 0 Å². The molecule has 0 amide bonds. The van der Waals surface area contributed by atoms with Gasteiger partial charge < -0.3 is 15.0 Å². The van der Waals surface area contributed by atoms with E-state index < -0.39 is 0 Å². The van der Waals surface area contributed by atoms with Crippen molar-refractivity contribution in [3.63, 3.8) is 0 Å². The molecular weight excluding hydrogens is 250 g/mol. The van der Waals surface area contributed by atoms with Crippen LogP contribution in [0.4, 0.5) is 5.69 Å². The van der Waals surface area contributed by atoms with E-state index >= 15 is 0 Å². The molecule has 112 valence electrons. The monoisotopic (exact) mass is 277 g/mol. The first-order chi connectivity index (χ1) is 9.59. The molecule has 1 aromatic rings. The fourth-order valence-corrected chi connectivity index (χ4v) is 3.00. The molecule has 1 aliphatic rings. The lowest BCUT2D eigenvalue weighted by Crippen LogP contribution is -2.31. The van der Waals surface area contributed by atoms with Crippen molar-refractivity contribution >= 4 is 5.69 Å². The third-order valence-corrected chi connectivity index (χ3v) is 4.00. The molecule has 1 saturated heterocycles. The Kier molecular flexibility index (Phi) is 5.38. The fraction of sp³-hybridized carbons (Fsp3) is 0.688. The first-order valence-electron chi connectivity index (χ1n) is 7.52. The Morgan fingerprint density at radius 2 is 2.25 bits per heavy atom. The molecule has 1 fully saturated rings. The normalized spacial score (nSPS) is 22.4. The van der Waals surface area contributed by atoms with Gasteiger partial charge in [-0.3, -0.25) is 4.98 Å². The van der Waals surface area contributed by atoms with Crippen LogP contribution >= 0.6 is 0 Å². The van der Waals surface area contributed by atoms with Crippen LogP contribution in [0.2, 0.25) is 0 Å². The number of ether oxygens (including phenoxy) is 1. The number of anilines is 1. The first kappa shape index (κ1) is 15.3. The average Bonchev–Trinajstić information content (AvgIpc) is 2.87. The number of aromatic nitrogens is 1. The molecule has 20 heavy (non-hydrogen) atoms. The molecule has 4 heteroatoms. The fourth-order valence-electron chi connectivity index (χ4n) is 3.00. The van der Waals surface area contributed by atoms with Crippen LogP contribution in [0.3, 0.4) is 0 Å². The van der Waals surface area contributed by atoms with Crippen LogP contribution in [-0.4, -0.2) is 38.3 Å². The molecule has 0 unspecified atom stereocenters. The lowest BCUT2D eigenvalue weighted by molar-refractivity contribution is 0.0539. The molecule has 1 aliphatic heterocycles. The van der Waals surface area contributed by atoms with Gasteiger partial charge in [-0.1, -0.05) is 13.8 Å². The van der Waals surface area contributed by atoms with Crippen molar-refractivity contribution in [1.29, 1.82) is 0 Å². The molecule has 0 aliphatic carbocycles. The summed E-state index contributed by atoms with van der Waals surface area (Å²) in [6, 6.07) is 2.06. The molecule has 2 heterocycles. The van der Waals surface area contributed by atoms with Gasteiger partial charge in [0.05, 0.1) is 6.10 Å². The molecule has 0 bridgehead atoms. The van der Waals surface area contributed by atoms with Crippen LogP contribution in [0.25, 0.3) is 0 Å². The smallest absolute Gasteiger partial charge is 0.0639 e. The van der Waals surface area contributed by atoms with Gasteiger partial charge in [-0.2, -0.15) is 0 Å². The van der Waals surface area contributed by atoms with E-state index in [1.807, 2.05) is 12.4 Å². The summed E-state index contributed by atoms with van der Waals surface area (Å²) in [4.78, 5) is 6.36. The molecule has 4 nitrogen and oxygen atoms in total. The highest BCUT2D eigenvalue weighted by molar-refractivity contribution is 5.50. The molecule has 0 saturated carbocycles. The van der Waals surface area contributed by atoms with E-state index in [0.29, 0.717) is 17.9 Å². The Morgan fingerprint density at radius 3 is 2.95 bits per heavy atom. The summed E-state index contributed by atoms with van der Waals surface area (Å²) >= 11 is 0. The van der Waals surface area contributed by atoms with Crippen molar-refractivity contribution in [3.8, 4) is 0 Å². The Labute approximate surface area is 122 Å². The maximum Gasteiger partial charge on any atom is 0.0639 e. The van der Waals surface area contributed by atoms with Gasteiger partial charge in [0.25, 0.3) is 0 Å². The second kappa shape index (κ2) is 7.04. The molecule has 1 N–H and O–H groups in total. The van der Waals surface area contributed by atoms with Crippen molar-refractivity contribution in [2.75, 3.05) is 32.1 Å². The Morgan fingerprint density at radius 1 is 1.45 bits per heavy atom. The predicted octanol–water partition coefficient (Wildman–Crippen LogP) is 2.30. The van der Waals surface area contributed by atoms with E-state index in [-0.39, 0.29) is 0 Å².